The number of hydrogen-bond donors (Lipinski definition) is 2. The number of rotatable bonds is 7. The van der Waals surface area contributed by atoms with Crippen molar-refractivity contribution >= 4 is 0 Å². The Balaban J connectivity index is 2.37. The fraction of sp³-hybridized carbons (Fsp3) is 1.00. The zero-order chi connectivity index (χ0) is 12.7. The molecule has 3 heteroatoms. The average molecular weight is 242 g/mol. The summed E-state index contributed by atoms with van der Waals surface area (Å²) in [5.74, 6) is 0.774. The van der Waals surface area contributed by atoms with Crippen molar-refractivity contribution in [1.29, 1.82) is 0 Å². The van der Waals surface area contributed by atoms with E-state index in [1.807, 2.05) is 0 Å². The Morgan fingerprint density at radius 1 is 1.41 bits per heavy atom. The Kier molecular flexibility index (Phi) is 7.09. The van der Waals surface area contributed by atoms with Crippen LogP contribution >= 0.6 is 0 Å². The normalized spacial score (nSPS) is 25.8. The highest BCUT2D eigenvalue weighted by atomic mass is 16.3. The van der Waals surface area contributed by atoms with Crippen molar-refractivity contribution in [2.45, 2.75) is 58.5 Å². The van der Waals surface area contributed by atoms with Crippen molar-refractivity contribution in [3.63, 3.8) is 0 Å². The topological polar surface area (TPSA) is 35.5 Å². The summed E-state index contributed by atoms with van der Waals surface area (Å²) in [4.78, 5) is 2.55. The lowest BCUT2D eigenvalue weighted by Gasteiger charge is -2.37. The Bertz CT molecular complexity index is 199. The predicted molar refractivity (Wildman–Crippen MR) is 73.2 cm³/mol. The van der Waals surface area contributed by atoms with Gasteiger partial charge in [-0.25, -0.2) is 0 Å². The quantitative estimate of drug-likeness (QED) is 0.715. The van der Waals surface area contributed by atoms with E-state index in [9.17, 15) is 0 Å². The summed E-state index contributed by atoms with van der Waals surface area (Å²) in [7, 11) is 0. The molecule has 0 radical (unpaired) electrons. The number of likely N-dealkylation sites (tertiary alicyclic amines) is 1. The highest BCUT2D eigenvalue weighted by Crippen LogP contribution is 2.20. The molecule has 3 unspecified atom stereocenters. The van der Waals surface area contributed by atoms with Crippen LogP contribution in [0, 0.1) is 5.92 Å². The van der Waals surface area contributed by atoms with E-state index in [1.54, 1.807) is 0 Å². The van der Waals surface area contributed by atoms with Gasteiger partial charge in [0.2, 0.25) is 0 Å². The molecule has 1 fully saturated rings. The Morgan fingerprint density at radius 3 is 2.76 bits per heavy atom. The van der Waals surface area contributed by atoms with Crippen LogP contribution in [0.2, 0.25) is 0 Å². The molecule has 0 aliphatic carbocycles. The van der Waals surface area contributed by atoms with Crippen molar-refractivity contribution in [1.82, 2.24) is 10.2 Å². The lowest BCUT2D eigenvalue weighted by molar-refractivity contribution is 0.148. The molecule has 0 aromatic carbocycles. The molecule has 0 spiro atoms. The van der Waals surface area contributed by atoms with Crippen LogP contribution in [0.4, 0.5) is 0 Å². The van der Waals surface area contributed by atoms with Gasteiger partial charge in [0, 0.05) is 25.2 Å². The van der Waals surface area contributed by atoms with Crippen LogP contribution in [-0.2, 0) is 0 Å². The smallest absolute Gasteiger partial charge is 0.0445 e. The Labute approximate surface area is 107 Å². The van der Waals surface area contributed by atoms with Gasteiger partial charge in [0.05, 0.1) is 0 Å². The van der Waals surface area contributed by atoms with Crippen LogP contribution in [-0.4, -0.2) is 48.3 Å². The van der Waals surface area contributed by atoms with E-state index < -0.39 is 0 Å². The summed E-state index contributed by atoms with van der Waals surface area (Å²) in [6, 6.07) is 1.05. The van der Waals surface area contributed by atoms with Crippen LogP contribution in [0.25, 0.3) is 0 Å². The van der Waals surface area contributed by atoms with E-state index in [0.29, 0.717) is 18.7 Å². The molecule has 0 aromatic rings. The van der Waals surface area contributed by atoms with Crippen LogP contribution in [0.3, 0.4) is 0 Å². The first-order valence-electron chi connectivity index (χ1n) is 7.30. The van der Waals surface area contributed by atoms with Gasteiger partial charge >= 0.3 is 0 Å². The monoisotopic (exact) mass is 242 g/mol. The van der Waals surface area contributed by atoms with Gasteiger partial charge in [-0.2, -0.15) is 0 Å². The zero-order valence-electron chi connectivity index (χ0n) is 11.8. The maximum Gasteiger partial charge on any atom is 0.0445 e. The third kappa shape index (κ3) is 4.94. The molecule has 2 N–H and O–H groups in total. The standard InChI is InChI=1S/C14H30N2O/c1-4-14(8-10-17)15-12(3)13-7-6-9-16(5-2)11-13/h12-15,17H,4-11H2,1-3H3. The van der Waals surface area contributed by atoms with Crippen molar-refractivity contribution in [2.24, 2.45) is 5.92 Å². The van der Waals surface area contributed by atoms with E-state index in [4.69, 9.17) is 5.11 Å². The number of aliphatic hydroxyl groups is 1. The number of piperidine rings is 1. The van der Waals surface area contributed by atoms with E-state index in [0.717, 1.165) is 18.8 Å². The molecule has 1 aliphatic heterocycles. The minimum absolute atomic E-state index is 0.296. The molecule has 0 bridgehead atoms. The van der Waals surface area contributed by atoms with Crippen molar-refractivity contribution in [3.05, 3.63) is 0 Å². The zero-order valence-corrected chi connectivity index (χ0v) is 11.8. The average Bonchev–Trinajstić information content (AvgIpc) is 2.38. The maximum absolute atomic E-state index is 9.02. The molecular formula is C14H30N2O. The van der Waals surface area contributed by atoms with Crippen molar-refractivity contribution in [3.8, 4) is 0 Å². The number of aliphatic hydroxyl groups excluding tert-OH is 1. The van der Waals surface area contributed by atoms with Crippen molar-refractivity contribution in [2.75, 3.05) is 26.2 Å². The van der Waals surface area contributed by atoms with Crippen LogP contribution in [0.1, 0.15) is 46.5 Å². The van der Waals surface area contributed by atoms with Crippen LogP contribution in [0.15, 0.2) is 0 Å². The van der Waals surface area contributed by atoms with E-state index in [2.05, 4.69) is 31.0 Å². The molecule has 102 valence electrons. The largest absolute Gasteiger partial charge is 0.396 e. The highest BCUT2D eigenvalue weighted by Gasteiger charge is 2.24. The molecule has 17 heavy (non-hydrogen) atoms. The summed E-state index contributed by atoms with van der Waals surface area (Å²) in [5, 5.41) is 12.7. The minimum Gasteiger partial charge on any atom is -0.396 e. The molecule has 1 rings (SSSR count). The van der Waals surface area contributed by atoms with Crippen LogP contribution < -0.4 is 5.32 Å². The molecule has 3 nitrogen and oxygen atoms in total. The van der Waals surface area contributed by atoms with Gasteiger partial charge < -0.3 is 15.3 Å². The molecule has 1 saturated heterocycles. The fourth-order valence-corrected chi connectivity index (χ4v) is 2.86. The Hall–Kier alpha value is -0.120. The summed E-state index contributed by atoms with van der Waals surface area (Å²) in [6.45, 7) is 10.7. The summed E-state index contributed by atoms with van der Waals surface area (Å²) in [5.41, 5.74) is 0. The highest BCUT2D eigenvalue weighted by molar-refractivity contribution is 4.82. The SMILES string of the molecule is CCC(CCO)NC(C)C1CCCN(CC)C1. The fourth-order valence-electron chi connectivity index (χ4n) is 2.86. The number of nitrogens with zero attached hydrogens (tertiary/aromatic N) is 1. The van der Waals surface area contributed by atoms with Gasteiger partial charge in [0.25, 0.3) is 0 Å². The van der Waals surface area contributed by atoms with Crippen molar-refractivity contribution < 1.29 is 5.11 Å². The van der Waals surface area contributed by atoms with E-state index >= 15 is 0 Å². The second-order valence-corrected chi connectivity index (χ2v) is 5.37. The molecule has 0 aromatic heterocycles. The molecule has 3 atom stereocenters. The van der Waals surface area contributed by atoms with Gasteiger partial charge in [0.15, 0.2) is 0 Å². The van der Waals surface area contributed by atoms with Gasteiger partial charge in [-0.05, 0) is 51.6 Å². The van der Waals surface area contributed by atoms with Gasteiger partial charge in [-0.15, -0.1) is 0 Å². The van der Waals surface area contributed by atoms with Gasteiger partial charge in [0.1, 0.15) is 0 Å². The molecule has 1 aliphatic rings. The molecule has 0 saturated carbocycles. The summed E-state index contributed by atoms with van der Waals surface area (Å²) in [6.07, 6.45) is 4.67. The second kappa shape index (κ2) is 8.06. The maximum atomic E-state index is 9.02. The van der Waals surface area contributed by atoms with Crippen LogP contribution in [0.5, 0.6) is 0 Å². The lowest BCUT2D eigenvalue weighted by Crippen LogP contribution is -2.47. The third-order valence-electron chi connectivity index (χ3n) is 4.17. The van der Waals surface area contributed by atoms with Gasteiger partial charge in [-0.1, -0.05) is 13.8 Å². The predicted octanol–water partition coefficient (Wildman–Crippen LogP) is 1.86. The Morgan fingerprint density at radius 2 is 2.18 bits per heavy atom. The first-order valence-corrected chi connectivity index (χ1v) is 7.30. The third-order valence-corrected chi connectivity index (χ3v) is 4.17. The van der Waals surface area contributed by atoms with Gasteiger partial charge in [-0.3, -0.25) is 0 Å². The molecule has 1 heterocycles. The van der Waals surface area contributed by atoms with E-state index in [-0.39, 0.29) is 0 Å². The number of hydrogen-bond acceptors (Lipinski definition) is 3. The minimum atomic E-state index is 0.296. The molecular weight excluding hydrogens is 212 g/mol. The second-order valence-electron chi connectivity index (χ2n) is 5.37. The summed E-state index contributed by atoms with van der Waals surface area (Å²) < 4.78 is 0. The summed E-state index contributed by atoms with van der Waals surface area (Å²) >= 11 is 0. The number of nitrogens with one attached hydrogen (secondary N) is 1. The van der Waals surface area contributed by atoms with E-state index in [1.165, 1.54) is 32.5 Å². The molecule has 0 amide bonds. The lowest BCUT2D eigenvalue weighted by atomic mass is 9.90. The first kappa shape index (κ1) is 14.9. The first-order chi connectivity index (χ1) is 8.21.